The van der Waals surface area contributed by atoms with Crippen molar-refractivity contribution in [1.82, 2.24) is 9.97 Å². The van der Waals surface area contributed by atoms with Crippen molar-refractivity contribution in [1.29, 1.82) is 0 Å². The molecule has 0 fully saturated rings. The van der Waals surface area contributed by atoms with Crippen LogP contribution in [0.4, 0.5) is 10.1 Å². The second-order valence-corrected chi connectivity index (χ2v) is 3.19. The van der Waals surface area contributed by atoms with Crippen molar-refractivity contribution in [3.63, 3.8) is 0 Å². The van der Waals surface area contributed by atoms with E-state index in [1.165, 1.54) is 30.9 Å². The Balaban J connectivity index is 2.39. The lowest BCUT2D eigenvalue weighted by Crippen LogP contribution is -2.03. The lowest BCUT2D eigenvalue weighted by molar-refractivity contribution is 0.103. The number of hydrogen-bond donors (Lipinski definition) is 1. The fraction of sp³-hybridized carbons (Fsp3) is 0. The number of anilines is 1. The first kappa shape index (κ1) is 10.2. The fourth-order valence-electron chi connectivity index (χ4n) is 1.25. The first-order chi connectivity index (χ1) is 7.68. The summed E-state index contributed by atoms with van der Waals surface area (Å²) in [5.41, 5.74) is 5.87. The predicted octanol–water partition coefficient (Wildman–Crippen LogP) is 1.43. The van der Waals surface area contributed by atoms with E-state index in [1.54, 1.807) is 0 Å². The number of carbonyl (C=O) groups is 1. The van der Waals surface area contributed by atoms with Crippen molar-refractivity contribution in [2.45, 2.75) is 0 Å². The molecule has 1 aromatic heterocycles. The molecule has 0 unspecified atom stereocenters. The van der Waals surface area contributed by atoms with Gasteiger partial charge in [0, 0.05) is 18.0 Å². The Hall–Kier alpha value is -2.30. The maximum Gasteiger partial charge on any atom is 0.196 e. The number of rotatable bonds is 2. The summed E-state index contributed by atoms with van der Waals surface area (Å²) in [6, 6.07) is 3.92. The van der Waals surface area contributed by atoms with E-state index in [4.69, 9.17) is 5.73 Å². The number of halogens is 1. The van der Waals surface area contributed by atoms with Gasteiger partial charge in [-0.3, -0.25) is 4.79 Å². The smallest absolute Gasteiger partial charge is 0.196 e. The third-order valence-corrected chi connectivity index (χ3v) is 2.09. The van der Waals surface area contributed by atoms with Crippen LogP contribution in [0.25, 0.3) is 0 Å². The van der Waals surface area contributed by atoms with Crippen LogP contribution in [0.1, 0.15) is 15.9 Å². The van der Waals surface area contributed by atoms with Gasteiger partial charge >= 0.3 is 0 Å². The Labute approximate surface area is 91.0 Å². The maximum absolute atomic E-state index is 13.1. The highest BCUT2D eigenvalue weighted by atomic mass is 19.1. The zero-order chi connectivity index (χ0) is 11.5. The van der Waals surface area contributed by atoms with Gasteiger partial charge in [0.1, 0.15) is 12.1 Å². The highest BCUT2D eigenvalue weighted by Gasteiger charge is 2.11. The molecule has 4 nitrogen and oxygen atoms in total. The van der Waals surface area contributed by atoms with Gasteiger partial charge in [0.15, 0.2) is 5.78 Å². The molecule has 0 saturated carbocycles. The predicted molar refractivity (Wildman–Crippen MR) is 56.3 cm³/mol. The van der Waals surface area contributed by atoms with Crippen molar-refractivity contribution >= 4 is 11.5 Å². The van der Waals surface area contributed by atoms with Crippen LogP contribution in [0.3, 0.4) is 0 Å². The Morgan fingerprint density at radius 1 is 1.19 bits per heavy atom. The molecule has 0 radical (unpaired) electrons. The summed E-state index contributed by atoms with van der Waals surface area (Å²) in [6.45, 7) is 0. The molecule has 0 aliphatic heterocycles. The molecule has 1 aromatic carbocycles. The average Bonchev–Trinajstić information content (AvgIpc) is 2.33. The van der Waals surface area contributed by atoms with Gasteiger partial charge in [-0.15, -0.1) is 0 Å². The van der Waals surface area contributed by atoms with E-state index in [-0.39, 0.29) is 17.0 Å². The van der Waals surface area contributed by atoms with E-state index in [1.807, 2.05) is 0 Å². The molecule has 2 aromatic rings. The molecule has 1 heterocycles. The number of aromatic nitrogens is 2. The molecule has 0 bridgehead atoms. The SMILES string of the molecule is Nc1ccc(C(=O)c2cncnc2)cc1F. The standard InChI is InChI=1S/C11H8FN3O/c12-9-3-7(1-2-10(9)13)11(16)8-4-14-6-15-5-8/h1-6H,13H2. The highest BCUT2D eigenvalue weighted by Crippen LogP contribution is 2.14. The Morgan fingerprint density at radius 3 is 2.50 bits per heavy atom. The largest absolute Gasteiger partial charge is 0.396 e. The van der Waals surface area contributed by atoms with E-state index in [0.29, 0.717) is 5.56 Å². The topological polar surface area (TPSA) is 68.9 Å². The number of nitrogens with two attached hydrogens (primary N) is 1. The highest BCUT2D eigenvalue weighted by molar-refractivity contribution is 6.08. The monoisotopic (exact) mass is 217 g/mol. The van der Waals surface area contributed by atoms with Gasteiger partial charge in [-0.25, -0.2) is 14.4 Å². The van der Waals surface area contributed by atoms with Gasteiger partial charge in [0.05, 0.1) is 11.3 Å². The van der Waals surface area contributed by atoms with Crippen molar-refractivity contribution in [2.75, 3.05) is 5.73 Å². The molecule has 2 N–H and O–H groups in total. The van der Waals surface area contributed by atoms with Crippen LogP contribution < -0.4 is 5.73 Å². The zero-order valence-corrected chi connectivity index (χ0v) is 8.22. The Bertz CT molecular complexity index is 528. The zero-order valence-electron chi connectivity index (χ0n) is 8.22. The first-order valence-corrected chi connectivity index (χ1v) is 4.53. The van der Waals surface area contributed by atoms with E-state index >= 15 is 0 Å². The van der Waals surface area contributed by atoms with E-state index in [2.05, 4.69) is 9.97 Å². The van der Waals surface area contributed by atoms with Crippen molar-refractivity contribution in [3.8, 4) is 0 Å². The Kier molecular flexibility index (Phi) is 2.59. The average molecular weight is 217 g/mol. The van der Waals surface area contributed by atoms with Gasteiger partial charge in [0.2, 0.25) is 0 Å². The second-order valence-electron chi connectivity index (χ2n) is 3.19. The lowest BCUT2D eigenvalue weighted by Gasteiger charge is -2.01. The van der Waals surface area contributed by atoms with E-state index in [9.17, 15) is 9.18 Å². The molecule has 5 heteroatoms. The number of nitrogens with zero attached hydrogens (tertiary/aromatic N) is 2. The number of nitrogen functional groups attached to an aromatic ring is 1. The molecule has 0 amide bonds. The molecular formula is C11H8FN3O. The summed E-state index contributed by atoms with van der Waals surface area (Å²) in [6.07, 6.45) is 4.08. The number of benzene rings is 1. The van der Waals surface area contributed by atoms with Crippen molar-refractivity contribution in [3.05, 3.63) is 53.9 Å². The number of ketones is 1. The first-order valence-electron chi connectivity index (χ1n) is 4.53. The molecule has 80 valence electrons. The van der Waals surface area contributed by atoms with Gasteiger partial charge in [-0.2, -0.15) is 0 Å². The van der Waals surface area contributed by atoms with Crippen molar-refractivity contribution < 1.29 is 9.18 Å². The van der Waals surface area contributed by atoms with Crippen LogP contribution in [0.2, 0.25) is 0 Å². The van der Waals surface area contributed by atoms with Crippen LogP contribution in [-0.4, -0.2) is 15.8 Å². The summed E-state index contributed by atoms with van der Waals surface area (Å²) in [5, 5.41) is 0. The van der Waals surface area contributed by atoms with Crippen LogP contribution in [0, 0.1) is 5.82 Å². The molecule has 0 aliphatic carbocycles. The molecule has 2 rings (SSSR count). The van der Waals surface area contributed by atoms with Gasteiger partial charge in [-0.1, -0.05) is 0 Å². The lowest BCUT2D eigenvalue weighted by atomic mass is 10.1. The molecule has 16 heavy (non-hydrogen) atoms. The summed E-state index contributed by atoms with van der Waals surface area (Å²) in [4.78, 5) is 19.3. The number of hydrogen-bond acceptors (Lipinski definition) is 4. The number of carbonyl (C=O) groups excluding carboxylic acids is 1. The molecule has 0 spiro atoms. The van der Waals surface area contributed by atoms with E-state index in [0.717, 1.165) is 6.07 Å². The van der Waals surface area contributed by atoms with Gasteiger partial charge in [0.25, 0.3) is 0 Å². The van der Waals surface area contributed by atoms with Crippen LogP contribution >= 0.6 is 0 Å². The van der Waals surface area contributed by atoms with Gasteiger partial charge in [-0.05, 0) is 18.2 Å². The third kappa shape index (κ3) is 1.88. The van der Waals surface area contributed by atoms with Crippen molar-refractivity contribution in [2.24, 2.45) is 0 Å². The minimum Gasteiger partial charge on any atom is -0.396 e. The molecular weight excluding hydrogens is 209 g/mol. The van der Waals surface area contributed by atoms with Crippen LogP contribution in [-0.2, 0) is 0 Å². The Morgan fingerprint density at radius 2 is 1.88 bits per heavy atom. The summed E-state index contributed by atoms with van der Waals surface area (Å²) in [5.74, 6) is -0.942. The molecule has 0 atom stereocenters. The minimum atomic E-state index is -0.609. The maximum atomic E-state index is 13.1. The fourth-order valence-corrected chi connectivity index (χ4v) is 1.25. The normalized spacial score (nSPS) is 10.1. The molecule has 0 saturated heterocycles. The van der Waals surface area contributed by atoms with Crippen LogP contribution in [0.15, 0.2) is 36.9 Å². The van der Waals surface area contributed by atoms with Crippen LogP contribution in [0.5, 0.6) is 0 Å². The third-order valence-electron chi connectivity index (χ3n) is 2.09. The summed E-state index contributed by atoms with van der Waals surface area (Å²) >= 11 is 0. The quantitative estimate of drug-likeness (QED) is 0.610. The minimum absolute atomic E-state index is 0.0147. The van der Waals surface area contributed by atoms with Gasteiger partial charge < -0.3 is 5.73 Å². The summed E-state index contributed by atoms with van der Waals surface area (Å²) in [7, 11) is 0. The van der Waals surface area contributed by atoms with E-state index < -0.39 is 5.82 Å². The molecule has 0 aliphatic rings. The summed E-state index contributed by atoms with van der Waals surface area (Å²) < 4.78 is 13.1. The second kappa shape index (κ2) is 4.06.